The molecule has 1 fully saturated rings. The first-order valence-corrected chi connectivity index (χ1v) is 4.97. The Morgan fingerprint density at radius 3 is 2.62 bits per heavy atom. The molecule has 13 heavy (non-hydrogen) atoms. The molecule has 1 aliphatic rings. The fourth-order valence-electron chi connectivity index (χ4n) is 1.76. The normalized spacial score (nSPS) is 30.5. The Hall–Kier alpha value is -0.120. The van der Waals surface area contributed by atoms with Gasteiger partial charge in [0.05, 0.1) is 13.2 Å². The van der Waals surface area contributed by atoms with Gasteiger partial charge < -0.3 is 15.2 Å². The van der Waals surface area contributed by atoms with Gasteiger partial charge in [-0.3, -0.25) is 0 Å². The first kappa shape index (κ1) is 11.0. The van der Waals surface area contributed by atoms with Crippen molar-refractivity contribution in [3.8, 4) is 0 Å². The lowest BCUT2D eigenvalue weighted by Gasteiger charge is -2.34. The standard InChI is InChI=1S/C10H21NO2/c1-10(2,3)11-9-4-8(5-12)6-13-7-9/h8-9,11-12H,4-7H2,1-3H3/t8-,9+/m1/s1. The van der Waals surface area contributed by atoms with Gasteiger partial charge in [0.25, 0.3) is 0 Å². The number of aliphatic hydroxyl groups is 1. The Morgan fingerprint density at radius 2 is 2.08 bits per heavy atom. The lowest BCUT2D eigenvalue weighted by atomic mass is 9.97. The Morgan fingerprint density at radius 1 is 1.38 bits per heavy atom. The SMILES string of the molecule is CC(C)(C)N[C@@H]1COC[C@@H](CO)C1. The van der Waals surface area contributed by atoms with Crippen LogP contribution in [0.2, 0.25) is 0 Å². The van der Waals surface area contributed by atoms with E-state index in [4.69, 9.17) is 9.84 Å². The second kappa shape index (κ2) is 4.40. The lowest BCUT2D eigenvalue weighted by molar-refractivity contribution is 0.00392. The van der Waals surface area contributed by atoms with Gasteiger partial charge >= 0.3 is 0 Å². The quantitative estimate of drug-likeness (QED) is 0.671. The molecule has 0 aliphatic carbocycles. The molecule has 0 aromatic carbocycles. The van der Waals surface area contributed by atoms with Crippen molar-refractivity contribution < 1.29 is 9.84 Å². The Kier molecular flexibility index (Phi) is 3.71. The topological polar surface area (TPSA) is 41.5 Å². The summed E-state index contributed by atoms with van der Waals surface area (Å²) in [5, 5.41) is 12.5. The van der Waals surface area contributed by atoms with Crippen LogP contribution in [-0.4, -0.2) is 36.5 Å². The second-order valence-electron chi connectivity index (χ2n) is 4.91. The van der Waals surface area contributed by atoms with Gasteiger partial charge in [-0.25, -0.2) is 0 Å². The summed E-state index contributed by atoms with van der Waals surface area (Å²) in [6.07, 6.45) is 1.02. The first-order valence-electron chi connectivity index (χ1n) is 4.97. The van der Waals surface area contributed by atoms with E-state index in [1.165, 1.54) is 0 Å². The van der Waals surface area contributed by atoms with Gasteiger partial charge in [-0.2, -0.15) is 0 Å². The van der Waals surface area contributed by atoms with Gasteiger partial charge in [0, 0.05) is 24.1 Å². The van der Waals surface area contributed by atoms with Crippen LogP contribution in [0.3, 0.4) is 0 Å². The highest BCUT2D eigenvalue weighted by molar-refractivity contribution is 4.82. The summed E-state index contributed by atoms with van der Waals surface area (Å²) in [5.41, 5.74) is 0.130. The minimum absolute atomic E-state index is 0.130. The molecule has 0 saturated carbocycles. The minimum Gasteiger partial charge on any atom is -0.396 e. The van der Waals surface area contributed by atoms with Crippen molar-refractivity contribution in [3.63, 3.8) is 0 Å². The van der Waals surface area contributed by atoms with Crippen LogP contribution in [0.5, 0.6) is 0 Å². The number of rotatable bonds is 2. The zero-order valence-electron chi connectivity index (χ0n) is 8.84. The molecule has 2 atom stereocenters. The molecule has 1 rings (SSSR count). The lowest BCUT2D eigenvalue weighted by Crippen LogP contribution is -2.49. The van der Waals surface area contributed by atoms with Crippen LogP contribution in [0.15, 0.2) is 0 Å². The van der Waals surface area contributed by atoms with Gasteiger partial charge in [0.2, 0.25) is 0 Å². The molecule has 0 aromatic rings. The van der Waals surface area contributed by atoms with Crippen LogP contribution in [0.25, 0.3) is 0 Å². The number of nitrogens with one attached hydrogen (secondary N) is 1. The number of hydrogen-bond acceptors (Lipinski definition) is 3. The molecule has 1 aliphatic heterocycles. The van der Waals surface area contributed by atoms with E-state index in [1.807, 2.05) is 0 Å². The number of ether oxygens (including phenoxy) is 1. The van der Waals surface area contributed by atoms with E-state index < -0.39 is 0 Å². The molecule has 3 heteroatoms. The molecule has 0 spiro atoms. The van der Waals surface area contributed by atoms with E-state index in [2.05, 4.69) is 26.1 Å². The van der Waals surface area contributed by atoms with Crippen LogP contribution < -0.4 is 5.32 Å². The van der Waals surface area contributed by atoms with Gasteiger partial charge in [-0.1, -0.05) is 0 Å². The van der Waals surface area contributed by atoms with Crippen LogP contribution in [0.4, 0.5) is 0 Å². The molecule has 0 radical (unpaired) electrons. The van der Waals surface area contributed by atoms with Crippen molar-refractivity contribution in [2.45, 2.75) is 38.8 Å². The predicted octanol–water partition coefficient (Wildman–Crippen LogP) is 0.772. The molecule has 78 valence electrons. The van der Waals surface area contributed by atoms with Crippen LogP contribution in [0.1, 0.15) is 27.2 Å². The average molecular weight is 187 g/mol. The Balaban J connectivity index is 2.34. The van der Waals surface area contributed by atoms with E-state index in [0.717, 1.165) is 13.0 Å². The maximum atomic E-state index is 9.00. The van der Waals surface area contributed by atoms with Crippen molar-refractivity contribution in [2.24, 2.45) is 5.92 Å². The molecule has 0 amide bonds. The fraction of sp³-hybridized carbons (Fsp3) is 1.00. The molecule has 1 saturated heterocycles. The molecule has 0 unspecified atom stereocenters. The highest BCUT2D eigenvalue weighted by Crippen LogP contribution is 2.15. The molecular weight excluding hydrogens is 166 g/mol. The summed E-state index contributed by atoms with van der Waals surface area (Å²) in [6, 6.07) is 0.394. The second-order valence-corrected chi connectivity index (χ2v) is 4.91. The molecule has 0 bridgehead atoms. The Labute approximate surface area is 80.5 Å². The van der Waals surface area contributed by atoms with Crippen molar-refractivity contribution in [2.75, 3.05) is 19.8 Å². The monoisotopic (exact) mass is 187 g/mol. The highest BCUT2D eigenvalue weighted by Gasteiger charge is 2.24. The molecule has 2 N–H and O–H groups in total. The van der Waals surface area contributed by atoms with E-state index in [-0.39, 0.29) is 12.1 Å². The fourth-order valence-corrected chi connectivity index (χ4v) is 1.76. The summed E-state index contributed by atoms with van der Waals surface area (Å²) in [6.45, 7) is 8.16. The van der Waals surface area contributed by atoms with Crippen molar-refractivity contribution in [3.05, 3.63) is 0 Å². The smallest absolute Gasteiger partial charge is 0.0620 e. The van der Waals surface area contributed by atoms with Crippen LogP contribution in [-0.2, 0) is 4.74 Å². The minimum atomic E-state index is 0.130. The number of hydrogen-bond donors (Lipinski definition) is 2. The van der Waals surface area contributed by atoms with Gasteiger partial charge in [-0.15, -0.1) is 0 Å². The predicted molar refractivity (Wildman–Crippen MR) is 52.7 cm³/mol. The van der Waals surface area contributed by atoms with Crippen LogP contribution in [0, 0.1) is 5.92 Å². The van der Waals surface area contributed by atoms with E-state index in [1.54, 1.807) is 0 Å². The van der Waals surface area contributed by atoms with E-state index in [9.17, 15) is 0 Å². The summed E-state index contributed by atoms with van der Waals surface area (Å²) in [4.78, 5) is 0. The van der Waals surface area contributed by atoms with Gasteiger partial charge in [0.1, 0.15) is 0 Å². The third-order valence-electron chi connectivity index (χ3n) is 2.19. The number of aliphatic hydroxyl groups excluding tert-OH is 1. The third-order valence-corrected chi connectivity index (χ3v) is 2.19. The van der Waals surface area contributed by atoms with Crippen LogP contribution >= 0.6 is 0 Å². The highest BCUT2D eigenvalue weighted by atomic mass is 16.5. The summed E-state index contributed by atoms with van der Waals surface area (Å²) in [7, 11) is 0. The summed E-state index contributed by atoms with van der Waals surface area (Å²) in [5.74, 6) is 0.314. The zero-order chi connectivity index (χ0) is 9.90. The molecule has 0 aromatic heterocycles. The first-order chi connectivity index (χ1) is 6.01. The Bertz CT molecular complexity index is 153. The van der Waals surface area contributed by atoms with Crippen molar-refractivity contribution in [1.29, 1.82) is 0 Å². The summed E-state index contributed by atoms with van der Waals surface area (Å²) >= 11 is 0. The van der Waals surface area contributed by atoms with Gasteiger partial charge in [0.15, 0.2) is 0 Å². The van der Waals surface area contributed by atoms with Crippen molar-refractivity contribution >= 4 is 0 Å². The van der Waals surface area contributed by atoms with E-state index >= 15 is 0 Å². The molecular formula is C10H21NO2. The maximum Gasteiger partial charge on any atom is 0.0620 e. The molecule has 3 nitrogen and oxygen atoms in total. The average Bonchev–Trinajstić information content (AvgIpc) is 2.01. The van der Waals surface area contributed by atoms with Crippen molar-refractivity contribution in [1.82, 2.24) is 5.32 Å². The molecule has 1 heterocycles. The summed E-state index contributed by atoms with van der Waals surface area (Å²) < 4.78 is 5.41. The zero-order valence-corrected chi connectivity index (χ0v) is 8.84. The van der Waals surface area contributed by atoms with E-state index in [0.29, 0.717) is 18.6 Å². The third kappa shape index (κ3) is 4.07. The maximum absolute atomic E-state index is 9.00. The van der Waals surface area contributed by atoms with Gasteiger partial charge in [-0.05, 0) is 27.2 Å². The largest absolute Gasteiger partial charge is 0.396 e.